The van der Waals surface area contributed by atoms with Gasteiger partial charge in [-0.05, 0) is 34.1 Å². The fraction of sp³-hybridized carbons (Fsp3) is 0. The molecule has 0 saturated heterocycles. The third-order valence-corrected chi connectivity index (χ3v) is 2.73. The first kappa shape index (κ1) is 11.6. The summed E-state index contributed by atoms with van der Waals surface area (Å²) in [4.78, 5) is 11.7. The maximum absolute atomic E-state index is 13.2. The lowest BCUT2D eigenvalue weighted by molar-refractivity contribution is 0.102. The molecule has 2 rings (SSSR count). The Hall–Kier alpha value is -1.89. The van der Waals surface area contributed by atoms with Gasteiger partial charge in [0.25, 0.3) is 5.91 Å². The molecule has 0 spiro atoms. The van der Waals surface area contributed by atoms with Crippen LogP contribution in [0.15, 0.2) is 28.9 Å². The van der Waals surface area contributed by atoms with Gasteiger partial charge in [0.15, 0.2) is 0 Å². The molecule has 0 atom stereocenters. The summed E-state index contributed by atoms with van der Waals surface area (Å²) in [7, 11) is 0. The molecular weight excluding hydrogens is 291 g/mol. The Morgan fingerprint density at radius 3 is 2.88 bits per heavy atom. The Bertz CT molecular complexity index is 569. The van der Waals surface area contributed by atoms with E-state index in [-0.39, 0.29) is 11.4 Å². The topological polar surface area (TPSA) is 83.8 Å². The molecule has 88 valence electrons. The number of anilines is 2. The second kappa shape index (κ2) is 4.54. The molecule has 5 nitrogen and oxygen atoms in total. The van der Waals surface area contributed by atoms with Crippen LogP contribution in [0.4, 0.5) is 15.9 Å². The number of carbonyl (C=O) groups excluding carboxylic acids is 1. The minimum Gasteiger partial charge on any atom is -0.383 e. The molecule has 1 aromatic heterocycles. The molecule has 0 unspecified atom stereocenters. The van der Waals surface area contributed by atoms with Crippen LogP contribution < -0.4 is 11.1 Å². The first-order valence-corrected chi connectivity index (χ1v) is 5.42. The molecule has 0 aliphatic carbocycles. The number of hydrogen-bond acceptors (Lipinski definition) is 3. The summed E-state index contributed by atoms with van der Waals surface area (Å²) in [6.45, 7) is 0. The molecule has 1 amide bonds. The summed E-state index contributed by atoms with van der Waals surface area (Å²) in [5.74, 6) is -0.735. The van der Waals surface area contributed by atoms with Gasteiger partial charge in [0.05, 0.1) is 10.7 Å². The van der Waals surface area contributed by atoms with E-state index in [9.17, 15) is 9.18 Å². The molecule has 4 N–H and O–H groups in total. The van der Waals surface area contributed by atoms with Crippen LogP contribution in [0.25, 0.3) is 0 Å². The first-order valence-electron chi connectivity index (χ1n) is 4.63. The van der Waals surface area contributed by atoms with Crippen molar-refractivity contribution in [3.05, 3.63) is 40.2 Å². The van der Waals surface area contributed by atoms with Gasteiger partial charge in [-0.1, -0.05) is 0 Å². The molecule has 1 heterocycles. The molecule has 0 aliphatic rings. The normalized spacial score (nSPS) is 10.2. The highest BCUT2D eigenvalue weighted by Crippen LogP contribution is 2.20. The Morgan fingerprint density at radius 2 is 2.29 bits per heavy atom. The zero-order valence-electron chi connectivity index (χ0n) is 8.50. The summed E-state index contributed by atoms with van der Waals surface area (Å²) < 4.78 is 13.5. The van der Waals surface area contributed by atoms with Gasteiger partial charge in [0.2, 0.25) is 0 Å². The molecule has 0 bridgehead atoms. The van der Waals surface area contributed by atoms with Crippen LogP contribution in [0.1, 0.15) is 10.4 Å². The fourth-order valence-electron chi connectivity index (χ4n) is 1.25. The number of nitrogens with zero attached hydrogens (tertiary/aromatic N) is 1. The van der Waals surface area contributed by atoms with Crippen molar-refractivity contribution in [2.24, 2.45) is 0 Å². The van der Waals surface area contributed by atoms with E-state index in [1.807, 2.05) is 0 Å². The number of hydrogen-bond donors (Lipinski definition) is 3. The number of nitrogens with two attached hydrogens (primary N) is 1. The number of rotatable bonds is 2. The quantitative estimate of drug-likeness (QED) is 0.794. The summed E-state index contributed by atoms with van der Waals surface area (Å²) in [5, 5.41) is 8.58. The van der Waals surface area contributed by atoms with Crippen molar-refractivity contribution < 1.29 is 9.18 Å². The van der Waals surface area contributed by atoms with E-state index in [1.165, 1.54) is 18.3 Å². The van der Waals surface area contributed by atoms with Gasteiger partial charge in [-0.3, -0.25) is 9.89 Å². The monoisotopic (exact) mass is 298 g/mol. The van der Waals surface area contributed by atoms with E-state index in [0.717, 1.165) is 0 Å². The highest BCUT2D eigenvalue weighted by atomic mass is 79.9. The highest BCUT2D eigenvalue weighted by Gasteiger charge is 2.12. The number of halogens is 2. The Kier molecular flexibility index (Phi) is 3.10. The fourth-order valence-corrected chi connectivity index (χ4v) is 1.50. The predicted molar refractivity (Wildman–Crippen MR) is 65.1 cm³/mol. The minimum atomic E-state index is -0.456. The highest BCUT2D eigenvalue weighted by molar-refractivity contribution is 9.10. The molecule has 7 heteroatoms. The molecule has 0 radical (unpaired) electrons. The lowest BCUT2D eigenvalue weighted by Gasteiger charge is -2.04. The van der Waals surface area contributed by atoms with Crippen molar-refractivity contribution >= 4 is 33.3 Å². The molecule has 2 aromatic rings. The Labute approximate surface area is 104 Å². The summed E-state index contributed by atoms with van der Waals surface area (Å²) >= 11 is 3.02. The molecule has 0 saturated carbocycles. The van der Waals surface area contributed by atoms with Gasteiger partial charge in [-0.25, -0.2) is 4.39 Å². The van der Waals surface area contributed by atoms with Crippen LogP contribution in [-0.2, 0) is 0 Å². The van der Waals surface area contributed by atoms with Crippen molar-refractivity contribution in [2.45, 2.75) is 0 Å². The van der Waals surface area contributed by atoms with E-state index in [2.05, 4.69) is 31.4 Å². The Balaban J connectivity index is 2.19. The van der Waals surface area contributed by atoms with Crippen molar-refractivity contribution in [2.75, 3.05) is 11.1 Å². The lowest BCUT2D eigenvalue weighted by atomic mass is 10.2. The summed E-state index contributed by atoms with van der Waals surface area (Å²) in [5.41, 5.74) is 6.05. The van der Waals surface area contributed by atoms with Crippen LogP contribution in [0.3, 0.4) is 0 Å². The number of aromatic amines is 1. The molecular formula is C10H8BrFN4O. The van der Waals surface area contributed by atoms with Crippen molar-refractivity contribution in [3.63, 3.8) is 0 Å². The van der Waals surface area contributed by atoms with Crippen LogP contribution in [0.2, 0.25) is 0 Å². The Morgan fingerprint density at radius 1 is 1.53 bits per heavy atom. The van der Waals surface area contributed by atoms with Crippen LogP contribution in [-0.4, -0.2) is 16.1 Å². The third kappa shape index (κ3) is 2.44. The lowest BCUT2D eigenvalue weighted by Crippen LogP contribution is -2.13. The molecule has 0 fully saturated rings. The number of benzene rings is 1. The standard InChI is InChI=1S/C10H8BrFN4O/c11-7-2-1-5(3-8(7)12)15-10(17)6-4-14-16-9(6)13/h1-4H,(H,15,17)(H3,13,14,16). The second-order valence-electron chi connectivity index (χ2n) is 3.28. The van der Waals surface area contributed by atoms with Crippen molar-refractivity contribution in [1.82, 2.24) is 10.2 Å². The van der Waals surface area contributed by atoms with Gasteiger partial charge in [0.1, 0.15) is 17.2 Å². The molecule has 1 aromatic carbocycles. The number of aromatic nitrogens is 2. The number of carbonyl (C=O) groups is 1. The van der Waals surface area contributed by atoms with Crippen LogP contribution >= 0.6 is 15.9 Å². The van der Waals surface area contributed by atoms with Gasteiger partial charge in [0, 0.05) is 5.69 Å². The van der Waals surface area contributed by atoms with E-state index < -0.39 is 11.7 Å². The minimum absolute atomic E-state index is 0.167. The van der Waals surface area contributed by atoms with Gasteiger partial charge >= 0.3 is 0 Å². The third-order valence-electron chi connectivity index (χ3n) is 2.09. The average molecular weight is 299 g/mol. The average Bonchev–Trinajstić information content (AvgIpc) is 2.70. The molecule has 0 aliphatic heterocycles. The number of nitrogen functional groups attached to an aromatic ring is 1. The van der Waals surface area contributed by atoms with E-state index in [0.29, 0.717) is 10.2 Å². The number of H-pyrrole nitrogens is 1. The van der Waals surface area contributed by atoms with Gasteiger partial charge in [-0.15, -0.1) is 0 Å². The summed E-state index contributed by atoms with van der Waals surface area (Å²) in [6, 6.07) is 4.28. The smallest absolute Gasteiger partial charge is 0.261 e. The summed E-state index contributed by atoms with van der Waals surface area (Å²) in [6.07, 6.45) is 1.31. The maximum Gasteiger partial charge on any atom is 0.261 e. The zero-order valence-corrected chi connectivity index (χ0v) is 10.1. The first-order chi connectivity index (χ1) is 8.08. The van der Waals surface area contributed by atoms with E-state index in [1.54, 1.807) is 6.07 Å². The second-order valence-corrected chi connectivity index (χ2v) is 4.13. The van der Waals surface area contributed by atoms with Crippen LogP contribution in [0, 0.1) is 5.82 Å². The van der Waals surface area contributed by atoms with Crippen molar-refractivity contribution in [1.29, 1.82) is 0 Å². The number of amides is 1. The van der Waals surface area contributed by atoms with Gasteiger partial charge < -0.3 is 11.1 Å². The van der Waals surface area contributed by atoms with Gasteiger partial charge in [-0.2, -0.15) is 5.10 Å². The maximum atomic E-state index is 13.2. The van der Waals surface area contributed by atoms with Crippen LogP contribution in [0.5, 0.6) is 0 Å². The largest absolute Gasteiger partial charge is 0.383 e. The zero-order chi connectivity index (χ0) is 12.4. The SMILES string of the molecule is Nc1[nH]ncc1C(=O)Nc1ccc(Br)c(F)c1. The number of nitrogens with one attached hydrogen (secondary N) is 2. The van der Waals surface area contributed by atoms with Crippen molar-refractivity contribution in [3.8, 4) is 0 Å². The van der Waals surface area contributed by atoms with E-state index in [4.69, 9.17) is 5.73 Å². The predicted octanol–water partition coefficient (Wildman–Crippen LogP) is 2.15. The molecule has 17 heavy (non-hydrogen) atoms. The van der Waals surface area contributed by atoms with E-state index >= 15 is 0 Å².